The molecule has 2 heterocycles. The fourth-order valence-corrected chi connectivity index (χ4v) is 3.56. The van der Waals surface area contributed by atoms with E-state index in [0.29, 0.717) is 37.4 Å². The molecule has 0 spiro atoms. The summed E-state index contributed by atoms with van der Waals surface area (Å²) in [7, 11) is 1.59. The second kappa shape index (κ2) is 8.50. The molecule has 0 radical (unpaired) electrons. The second-order valence-electron chi connectivity index (χ2n) is 6.88. The van der Waals surface area contributed by atoms with Gasteiger partial charge in [-0.2, -0.15) is 0 Å². The van der Waals surface area contributed by atoms with E-state index in [1.54, 1.807) is 29.9 Å². The maximum atomic E-state index is 12.9. The van der Waals surface area contributed by atoms with Crippen LogP contribution in [0, 0.1) is 0 Å². The highest BCUT2D eigenvalue weighted by Crippen LogP contribution is 2.27. The zero-order valence-corrected chi connectivity index (χ0v) is 16.3. The predicted octanol–water partition coefficient (Wildman–Crippen LogP) is 2.06. The van der Waals surface area contributed by atoms with Gasteiger partial charge in [0.25, 0.3) is 5.91 Å². The number of ether oxygens (including phenoxy) is 2. The summed E-state index contributed by atoms with van der Waals surface area (Å²) in [5.74, 6) is -0.224. The van der Waals surface area contributed by atoms with Crippen LogP contribution >= 0.6 is 0 Å². The van der Waals surface area contributed by atoms with Gasteiger partial charge in [0.2, 0.25) is 0 Å². The molecule has 1 fully saturated rings. The number of carbonyl (C=O) groups is 1. The molecule has 1 aliphatic rings. The molecule has 152 valence electrons. The molecule has 1 aliphatic heterocycles. The van der Waals surface area contributed by atoms with Gasteiger partial charge in [0.05, 0.1) is 48.8 Å². The normalized spacial score (nSPS) is 14.3. The van der Waals surface area contributed by atoms with Crippen molar-refractivity contribution in [1.29, 1.82) is 0 Å². The number of para-hydroxylation sites is 2. The number of amides is 1. The standard InChI is InChI=1S/C21H24N4O4/c1-28-11-10-25-19-7-6-15(14-17(19)23-21(25)27)20(26)22-16-4-2-3-5-18(16)24-8-12-29-13-9-24/h2-7,14H,8-13H2,1H3,(H,22,26)(H,23,27). The zero-order chi connectivity index (χ0) is 20.2. The summed E-state index contributed by atoms with van der Waals surface area (Å²) in [5.41, 5.74) is 3.37. The van der Waals surface area contributed by atoms with Gasteiger partial charge < -0.3 is 24.7 Å². The number of aromatic amines is 1. The van der Waals surface area contributed by atoms with Crippen molar-refractivity contribution in [3.63, 3.8) is 0 Å². The molecule has 4 rings (SSSR count). The summed E-state index contributed by atoms with van der Waals surface area (Å²) < 4.78 is 12.1. The zero-order valence-electron chi connectivity index (χ0n) is 16.3. The third-order valence-corrected chi connectivity index (χ3v) is 5.06. The highest BCUT2D eigenvalue weighted by molar-refractivity contribution is 6.07. The van der Waals surface area contributed by atoms with Crippen LogP contribution in [0.2, 0.25) is 0 Å². The lowest BCUT2D eigenvalue weighted by molar-refractivity contribution is 0.102. The first-order valence-corrected chi connectivity index (χ1v) is 9.62. The van der Waals surface area contributed by atoms with Gasteiger partial charge in [0.15, 0.2) is 0 Å². The Morgan fingerprint density at radius 1 is 1.21 bits per heavy atom. The number of fused-ring (bicyclic) bond motifs is 1. The number of morpholine rings is 1. The summed E-state index contributed by atoms with van der Waals surface area (Å²) >= 11 is 0. The van der Waals surface area contributed by atoms with Crippen LogP contribution < -0.4 is 15.9 Å². The molecular weight excluding hydrogens is 372 g/mol. The maximum absolute atomic E-state index is 12.9. The van der Waals surface area contributed by atoms with Gasteiger partial charge in [-0.05, 0) is 30.3 Å². The number of imidazole rings is 1. The number of carbonyl (C=O) groups excluding carboxylic acids is 1. The van der Waals surface area contributed by atoms with Crippen LogP contribution in [0.15, 0.2) is 47.3 Å². The van der Waals surface area contributed by atoms with Gasteiger partial charge in [-0.15, -0.1) is 0 Å². The molecule has 0 aliphatic carbocycles. The molecule has 0 atom stereocenters. The van der Waals surface area contributed by atoms with E-state index in [-0.39, 0.29) is 11.6 Å². The number of aromatic nitrogens is 2. The van der Waals surface area contributed by atoms with Crippen LogP contribution in [0.3, 0.4) is 0 Å². The van der Waals surface area contributed by atoms with Crippen LogP contribution in [0.25, 0.3) is 11.0 Å². The SMILES string of the molecule is COCCn1c(=O)[nH]c2cc(C(=O)Nc3ccccc3N3CCOCC3)ccc21. The Morgan fingerprint density at radius 2 is 2.00 bits per heavy atom. The van der Waals surface area contributed by atoms with E-state index in [4.69, 9.17) is 9.47 Å². The van der Waals surface area contributed by atoms with Crippen molar-refractivity contribution in [3.8, 4) is 0 Å². The van der Waals surface area contributed by atoms with Crippen molar-refractivity contribution >= 4 is 28.3 Å². The van der Waals surface area contributed by atoms with Crippen molar-refractivity contribution in [2.45, 2.75) is 6.54 Å². The third kappa shape index (κ3) is 4.03. The van der Waals surface area contributed by atoms with Crippen LogP contribution in [-0.2, 0) is 16.0 Å². The molecule has 0 bridgehead atoms. The number of anilines is 2. The van der Waals surface area contributed by atoms with E-state index in [2.05, 4.69) is 15.2 Å². The Hall–Kier alpha value is -3.10. The topological polar surface area (TPSA) is 88.6 Å². The Balaban J connectivity index is 1.58. The lowest BCUT2D eigenvalue weighted by Gasteiger charge is -2.30. The van der Waals surface area contributed by atoms with Gasteiger partial charge in [-0.1, -0.05) is 12.1 Å². The summed E-state index contributed by atoms with van der Waals surface area (Å²) in [6, 6.07) is 13.0. The van der Waals surface area contributed by atoms with E-state index >= 15 is 0 Å². The first-order chi connectivity index (χ1) is 14.2. The first-order valence-electron chi connectivity index (χ1n) is 9.62. The predicted molar refractivity (Wildman–Crippen MR) is 112 cm³/mol. The third-order valence-electron chi connectivity index (χ3n) is 5.06. The number of nitrogens with zero attached hydrogens (tertiary/aromatic N) is 2. The van der Waals surface area contributed by atoms with Crippen molar-refractivity contribution in [2.24, 2.45) is 0 Å². The number of hydrogen-bond donors (Lipinski definition) is 2. The number of nitrogens with one attached hydrogen (secondary N) is 2. The smallest absolute Gasteiger partial charge is 0.326 e. The highest BCUT2D eigenvalue weighted by Gasteiger charge is 2.17. The van der Waals surface area contributed by atoms with Gasteiger partial charge in [-0.3, -0.25) is 9.36 Å². The molecular formula is C21H24N4O4. The summed E-state index contributed by atoms with van der Waals surface area (Å²) in [4.78, 5) is 30.1. The van der Waals surface area contributed by atoms with Crippen LogP contribution in [0.4, 0.5) is 11.4 Å². The fourth-order valence-electron chi connectivity index (χ4n) is 3.56. The summed E-state index contributed by atoms with van der Waals surface area (Å²) in [6.07, 6.45) is 0. The van der Waals surface area contributed by atoms with E-state index in [1.165, 1.54) is 0 Å². The molecule has 2 aromatic carbocycles. The Bertz CT molecular complexity index is 1070. The molecule has 0 saturated carbocycles. The van der Waals surface area contributed by atoms with Crippen molar-refractivity contribution in [2.75, 3.05) is 50.2 Å². The average molecular weight is 396 g/mol. The van der Waals surface area contributed by atoms with Crippen molar-refractivity contribution in [1.82, 2.24) is 9.55 Å². The molecule has 1 saturated heterocycles. The van der Waals surface area contributed by atoms with Gasteiger partial charge in [-0.25, -0.2) is 4.79 Å². The molecule has 8 heteroatoms. The Labute approximate surface area is 168 Å². The Morgan fingerprint density at radius 3 is 2.79 bits per heavy atom. The number of rotatable bonds is 6. The maximum Gasteiger partial charge on any atom is 0.326 e. The molecule has 0 unspecified atom stereocenters. The first kappa shape index (κ1) is 19.2. The van der Waals surface area contributed by atoms with E-state index in [9.17, 15) is 9.59 Å². The minimum absolute atomic E-state index is 0.215. The molecule has 1 aromatic heterocycles. The van der Waals surface area contributed by atoms with Crippen molar-refractivity contribution < 1.29 is 14.3 Å². The van der Waals surface area contributed by atoms with Gasteiger partial charge >= 0.3 is 5.69 Å². The number of methoxy groups -OCH3 is 1. The molecule has 2 N–H and O–H groups in total. The van der Waals surface area contributed by atoms with E-state index < -0.39 is 0 Å². The molecule has 29 heavy (non-hydrogen) atoms. The Kier molecular flexibility index (Phi) is 5.64. The summed E-state index contributed by atoms with van der Waals surface area (Å²) in [5, 5.41) is 3.00. The van der Waals surface area contributed by atoms with Gasteiger partial charge in [0, 0.05) is 25.8 Å². The minimum atomic E-state index is -0.224. The minimum Gasteiger partial charge on any atom is -0.383 e. The van der Waals surface area contributed by atoms with Gasteiger partial charge in [0.1, 0.15) is 0 Å². The second-order valence-corrected chi connectivity index (χ2v) is 6.88. The van der Waals surface area contributed by atoms with Crippen molar-refractivity contribution in [3.05, 3.63) is 58.5 Å². The number of hydrogen-bond acceptors (Lipinski definition) is 5. The number of H-pyrrole nitrogens is 1. The monoisotopic (exact) mass is 396 g/mol. The fraction of sp³-hybridized carbons (Fsp3) is 0.333. The van der Waals surface area contributed by atoms with Crippen LogP contribution in [0.5, 0.6) is 0 Å². The lowest BCUT2D eigenvalue weighted by atomic mass is 10.1. The van der Waals surface area contributed by atoms with Crippen LogP contribution in [0.1, 0.15) is 10.4 Å². The number of benzene rings is 2. The van der Waals surface area contributed by atoms with E-state index in [0.717, 1.165) is 30.0 Å². The quantitative estimate of drug-likeness (QED) is 0.666. The van der Waals surface area contributed by atoms with Crippen LogP contribution in [-0.4, -0.2) is 55.5 Å². The van der Waals surface area contributed by atoms with E-state index in [1.807, 2.05) is 24.3 Å². The average Bonchev–Trinajstić information content (AvgIpc) is 3.07. The summed E-state index contributed by atoms with van der Waals surface area (Å²) in [6.45, 7) is 3.81. The lowest BCUT2D eigenvalue weighted by Crippen LogP contribution is -2.36. The molecule has 1 amide bonds. The highest BCUT2D eigenvalue weighted by atomic mass is 16.5. The largest absolute Gasteiger partial charge is 0.383 e. The molecule has 3 aromatic rings. The molecule has 8 nitrogen and oxygen atoms in total.